The minimum atomic E-state index is -1.18. The summed E-state index contributed by atoms with van der Waals surface area (Å²) in [5.41, 5.74) is 2.87. The molecule has 3 rings (SSSR count). The summed E-state index contributed by atoms with van der Waals surface area (Å²) >= 11 is 0. The number of phenols is 2. The highest BCUT2D eigenvalue weighted by atomic mass is 32.2. The van der Waals surface area contributed by atoms with Crippen LogP contribution in [0.25, 0.3) is 6.08 Å². The maximum atomic E-state index is 12.3. The Labute approximate surface area is 183 Å². The Bertz CT molecular complexity index is 1090. The van der Waals surface area contributed by atoms with Gasteiger partial charge in [-0.05, 0) is 72.2 Å². The molecule has 0 saturated heterocycles. The minimum Gasteiger partial charge on any atom is -0.504 e. The number of anilines is 1. The number of nitrogens with one attached hydrogen (secondary N) is 1. The van der Waals surface area contributed by atoms with Gasteiger partial charge in [-0.2, -0.15) is 0 Å². The fraction of sp³-hybridized carbons (Fsp3) is 0.125. The molecule has 0 radical (unpaired) electrons. The molecule has 0 aromatic heterocycles. The van der Waals surface area contributed by atoms with E-state index in [4.69, 9.17) is 4.74 Å². The van der Waals surface area contributed by atoms with E-state index in [2.05, 4.69) is 5.32 Å². The van der Waals surface area contributed by atoms with Gasteiger partial charge in [0.1, 0.15) is 5.75 Å². The number of aryl methyl sites for hydroxylation is 1. The number of phenolic OH excluding ortho intramolecular Hbond substituents is 2. The van der Waals surface area contributed by atoms with E-state index in [9.17, 15) is 19.2 Å². The summed E-state index contributed by atoms with van der Waals surface area (Å²) in [4.78, 5) is 12.3. The predicted octanol–water partition coefficient (Wildman–Crippen LogP) is 4.32. The van der Waals surface area contributed by atoms with Crippen LogP contribution < -0.4 is 10.1 Å². The van der Waals surface area contributed by atoms with Gasteiger partial charge < -0.3 is 20.3 Å². The molecular weight excluding hydrogens is 414 g/mol. The van der Waals surface area contributed by atoms with E-state index in [-0.39, 0.29) is 17.4 Å². The Morgan fingerprint density at radius 3 is 2.35 bits per heavy atom. The number of carbonyl (C=O) groups excluding carboxylic acids is 1. The molecule has 3 aromatic rings. The molecule has 0 fully saturated rings. The zero-order valence-corrected chi connectivity index (χ0v) is 17.8. The first-order valence-electron chi connectivity index (χ1n) is 9.56. The maximum Gasteiger partial charge on any atom is 0.255 e. The van der Waals surface area contributed by atoms with Gasteiger partial charge in [-0.3, -0.25) is 9.00 Å². The lowest BCUT2D eigenvalue weighted by atomic mass is 10.1. The van der Waals surface area contributed by atoms with E-state index in [1.807, 2.05) is 24.3 Å². The van der Waals surface area contributed by atoms with Gasteiger partial charge in [0.25, 0.3) is 5.91 Å². The lowest BCUT2D eigenvalue weighted by Crippen LogP contribution is -2.11. The molecule has 0 bridgehead atoms. The van der Waals surface area contributed by atoms with E-state index in [1.165, 1.54) is 12.1 Å². The third-order valence-electron chi connectivity index (χ3n) is 4.57. The average molecular weight is 438 g/mol. The maximum absolute atomic E-state index is 12.3. The minimum absolute atomic E-state index is 0.193. The Hall–Kier alpha value is -3.58. The first-order chi connectivity index (χ1) is 14.9. The standard InChI is InChI=1S/C24H23NO5S/c1-30-21-9-5-19(6-10-21)24(28)25-20-7-2-17(3-8-20)12-14-31(29)15-13-18-4-11-22(26)23(27)16-18/h2-11,13,15-16,26-27H,12,14H2,1H3,(H,25,28)/b15-13+. The van der Waals surface area contributed by atoms with E-state index >= 15 is 0 Å². The van der Waals surface area contributed by atoms with Gasteiger partial charge in [0.2, 0.25) is 0 Å². The molecule has 0 saturated carbocycles. The first kappa shape index (κ1) is 22.1. The van der Waals surface area contributed by atoms with Gasteiger partial charge in [-0.1, -0.05) is 18.2 Å². The third kappa shape index (κ3) is 6.45. The molecule has 6 nitrogen and oxygen atoms in total. The summed E-state index contributed by atoms with van der Waals surface area (Å²) in [5.74, 6) is 0.517. The van der Waals surface area contributed by atoms with Crippen LogP contribution in [-0.4, -0.2) is 33.2 Å². The number of ether oxygens (including phenoxy) is 1. The Balaban J connectivity index is 1.50. The zero-order valence-electron chi connectivity index (χ0n) is 16.9. The van der Waals surface area contributed by atoms with Crippen LogP contribution in [0.3, 0.4) is 0 Å². The first-order valence-corrected chi connectivity index (χ1v) is 10.9. The molecular formula is C24H23NO5S. The van der Waals surface area contributed by atoms with Crippen molar-refractivity contribution in [1.82, 2.24) is 0 Å². The number of hydrogen-bond acceptors (Lipinski definition) is 5. The lowest BCUT2D eigenvalue weighted by molar-refractivity contribution is 0.102. The second-order valence-electron chi connectivity index (χ2n) is 6.77. The zero-order chi connectivity index (χ0) is 22.2. The van der Waals surface area contributed by atoms with Crippen molar-refractivity contribution in [3.8, 4) is 17.2 Å². The highest BCUT2D eigenvalue weighted by Crippen LogP contribution is 2.25. The van der Waals surface area contributed by atoms with Gasteiger partial charge in [-0.25, -0.2) is 0 Å². The molecule has 0 aliphatic carbocycles. The summed E-state index contributed by atoms with van der Waals surface area (Å²) in [6, 6.07) is 18.7. The fourth-order valence-corrected chi connectivity index (χ4v) is 3.67. The molecule has 160 valence electrons. The highest BCUT2D eigenvalue weighted by Gasteiger charge is 2.07. The van der Waals surface area contributed by atoms with Crippen LogP contribution in [0.4, 0.5) is 5.69 Å². The van der Waals surface area contributed by atoms with Crippen molar-refractivity contribution < 1.29 is 24.0 Å². The number of methoxy groups -OCH3 is 1. The van der Waals surface area contributed by atoms with Crippen molar-refractivity contribution in [2.45, 2.75) is 6.42 Å². The van der Waals surface area contributed by atoms with E-state index in [0.29, 0.717) is 34.7 Å². The molecule has 0 heterocycles. The Morgan fingerprint density at radius 2 is 1.71 bits per heavy atom. The molecule has 0 aliphatic heterocycles. The van der Waals surface area contributed by atoms with Gasteiger partial charge in [0.05, 0.1) is 7.11 Å². The van der Waals surface area contributed by atoms with Crippen molar-refractivity contribution >= 4 is 28.5 Å². The molecule has 1 unspecified atom stereocenters. The highest BCUT2D eigenvalue weighted by molar-refractivity contribution is 7.88. The van der Waals surface area contributed by atoms with Crippen LogP contribution in [0.1, 0.15) is 21.5 Å². The van der Waals surface area contributed by atoms with Crippen molar-refractivity contribution in [2.75, 3.05) is 18.2 Å². The van der Waals surface area contributed by atoms with E-state index in [1.54, 1.807) is 48.9 Å². The van der Waals surface area contributed by atoms with Crippen LogP contribution in [0.5, 0.6) is 17.2 Å². The quantitative estimate of drug-likeness (QED) is 0.456. The van der Waals surface area contributed by atoms with Crippen LogP contribution in [0.15, 0.2) is 72.1 Å². The summed E-state index contributed by atoms with van der Waals surface area (Å²) in [6.07, 6.45) is 2.26. The molecule has 7 heteroatoms. The molecule has 3 aromatic carbocycles. The van der Waals surface area contributed by atoms with Crippen LogP contribution in [0, 0.1) is 0 Å². The Kier molecular flexibility index (Phi) is 7.45. The van der Waals surface area contributed by atoms with Crippen molar-refractivity contribution in [3.63, 3.8) is 0 Å². The smallest absolute Gasteiger partial charge is 0.255 e. The van der Waals surface area contributed by atoms with E-state index in [0.717, 1.165) is 5.56 Å². The molecule has 1 amide bonds. The average Bonchev–Trinajstić information content (AvgIpc) is 2.79. The van der Waals surface area contributed by atoms with Crippen molar-refractivity contribution in [1.29, 1.82) is 0 Å². The molecule has 31 heavy (non-hydrogen) atoms. The largest absolute Gasteiger partial charge is 0.504 e. The fourth-order valence-electron chi connectivity index (χ4n) is 2.79. The van der Waals surface area contributed by atoms with Gasteiger partial charge in [0, 0.05) is 33.2 Å². The Morgan fingerprint density at radius 1 is 1.00 bits per heavy atom. The van der Waals surface area contributed by atoms with Crippen LogP contribution in [0.2, 0.25) is 0 Å². The predicted molar refractivity (Wildman–Crippen MR) is 123 cm³/mol. The molecule has 0 aliphatic rings. The second-order valence-corrected chi connectivity index (χ2v) is 8.21. The normalized spacial score (nSPS) is 11.9. The summed E-state index contributed by atoms with van der Waals surface area (Å²) in [5, 5.41) is 23.2. The number of aromatic hydroxyl groups is 2. The molecule has 3 N–H and O–H groups in total. The lowest BCUT2D eigenvalue weighted by Gasteiger charge is -2.07. The van der Waals surface area contributed by atoms with Gasteiger partial charge >= 0.3 is 0 Å². The monoisotopic (exact) mass is 437 g/mol. The third-order valence-corrected chi connectivity index (χ3v) is 5.61. The van der Waals surface area contributed by atoms with Gasteiger partial charge in [0.15, 0.2) is 11.5 Å². The number of rotatable bonds is 8. The number of benzene rings is 3. The number of carbonyl (C=O) groups is 1. The molecule has 1 atom stereocenters. The summed E-state index contributed by atoms with van der Waals surface area (Å²) in [6.45, 7) is 0. The SMILES string of the molecule is COc1ccc(C(=O)Nc2ccc(CCS(=O)/C=C/c3ccc(O)c(O)c3)cc2)cc1. The topological polar surface area (TPSA) is 95.9 Å². The summed E-state index contributed by atoms with van der Waals surface area (Å²) < 4.78 is 17.3. The van der Waals surface area contributed by atoms with Crippen molar-refractivity contribution in [3.05, 3.63) is 88.8 Å². The van der Waals surface area contributed by atoms with Crippen LogP contribution >= 0.6 is 0 Å². The van der Waals surface area contributed by atoms with E-state index < -0.39 is 10.8 Å². The van der Waals surface area contributed by atoms with Crippen molar-refractivity contribution in [2.24, 2.45) is 0 Å². The second kappa shape index (κ2) is 10.4. The summed E-state index contributed by atoms with van der Waals surface area (Å²) in [7, 11) is 0.393. The molecule has 0 spiro atoms. The van der Waals surface area contributed by atoms with Crippen LogP contribution in [-0.2, 0) is 17.2 Å². The van der Waals surface area contributed by atoms with Gasteiger partial charge in [-0.15, -0.1) is 0 Å². The number of amides is 1. The number of hydrogen-bond donors (Lipinski definition) is 3.